The monoisotopic (exact) mass is 209 g/mol. The molecule has 0 radical (unpaired) electrons. The van der Waals surface area contributed by atoms with Gasteiger partial charge in [0.1, 0.15) is 5.56 Å². The smallest absolute Gasteiger partial charge is 0.325 e. The zero-order valence-corrected chi connectivity index (χ0v) is 7.48. The number of aromatic amines is 2. The number of H-pyrrole nitrogens is 2. The van der Waals surface area contributed by atoms with Gasteiger partial charge in [0.25, 0.3) is 5.56 Å². The van der Waals surface area contributed by atoms with Crippen molar-refractivity contribution in [3.63, 3.8) is 0 Å². The fourth-order valence-corrected chi connectivity index (χ4v) is 1.02. The van der Waals surface area contributed by atoms with Gasteiger partial charge in [0.15, 0.2) is 0 Å². The highest BCUT2D eigenvalue weighted by atomic mass is 16.5. The van der Waals surface area contributed by atoms with E-state index in [4.69, 9.17) is 10.3 Å². The predicted octanol–water partition coefficient (Wildman–Crippen LogP) is -1.43. The molecule has 8 heteroatoms. The molecule has 0 atom stereocenters. The van der Waals surface area contributed by atoms with Crippen molar-refractivity contribution in [2.24, 2.45) is 5.73 Å². The van der Waals surface area contributed by atoms with Crippen molar-refractivity contribution >= 4 is 0 Å². The molecule has 2 aromatic heterocycles. The highest BCUT2D eigenvalue weighted by molar-refractivity contribution is 5.50. The van der Waals surface area contributed by atoms with Crippen molar-refractivity contribution < 1.29 is 4.52 Å². The first-order chi connectivity index (χ1) is 7.20. The van der Waals surface area contributed by atoms with Crippen molar-refractivity contribution in [3.05, 3.63) is 32.9 Å². The molecule has 8 nitrogen and oxygen atoms in total. The maximum absolute atomic E-state index is 11.3. The first kappa shape index (κ1) is 9.34. The Hall–Kier alpha value is -2.22. The molecule has 0 amide bonds. The van der Waals surface area contributed by atoms with Gasteiger partial charge < -0.3 is 15.2 Å². The average Bonchev–Trinajstić information content (AvgIpc) is 2.66. The minimum absolute atomic E-state index is 0.0907. The lowest BCUT2D eigenvalue weighted by Gasteiger charge is -1.89. The molecular formula is C7H7N5O3. The van der Waals surface area contributed by atoms with Crippen LogP contribution in [0.15, 0.2) is 20.3 Å². The van der Waals surface area contributed by atoms with E-state index < -0.39 is 11.2 Å². The van der Waals surface area contributed by atoms with Crippen molar-refractivity contribution in [2.75, 3.05) is 0 Å². The lowest BCUT2D eigenvalue weighted by atomic mass is 10.3. The number of rotatable bonds is 2. The van der Waals surface area contributed by atoms with Gasteiger partial charge in [-0.15, -0.1) is 0 Å². The maximum atomic E-state index is 11.3. The second-order valence-electron chi connectivity index (χ2n) is 2.70. The minimum atomic E-state index is -0.591. The van der Waals surface area contributed by atoms with Gasteiger partial charge in [0, 0.05) is 6.20 Å². The van der Waals surface area contributed by atoms with Crippen LogP contribution in [0, 0.1) is 0 Å². The van der Waals surface area contributed by atoms with Gasteiger partial charge in [-0.05, 0) is 0 Å². The van der Waals surface area contributed by atoms with Crippen molar-refractivity contribution in [2.45, 2.75) is 6.54 Å². The Labute approximate surface area is 82.1 Å². The van der Waals surface area contributed by atoms with Crippen molar-refractivity contribution in [1.82, 2.24) is 20.1 Å². The molecule has 0 saturated heterocycles. The molecule has 0 aliphatic heterocycles. The summed E-state index contributed by atoms with van der Waals surface area (Å²) in [5.41, 5.74) is 4.21. The Balaban J connectivity index is 2.54. The largest absolute Gasteiger partial charge is 0.338 e. The first-order valence-electron chi connectivity index (χ1n) is 4.05. The van der Waals surface area contributed by atoms with Gasteiger partial charge in [-0.1, -0.05) is 5.16 Å². The van der Waals surface area contributed by atoms with E-state index in [0.717, 1.165) is 0 Å². The Morgan fingerprint density at radius 1 is 1.47 bits per heavy atom. The molecule has 0 spiro atoms. The third kappa shape index (κ3) is 1.70. The third-order valence-electron chi connectivity index (χ3n) is 1.70. The summed E-state index contributed by atoms with van der Waals surface area (Å²) in [4.78, 5) is 30.2. The van der Waals surface area contributed by atoms with E-state index in [0.29, 0.717) is 0 Å². The van der Waals surface area contributed by atoms with Gasteiger partial charge in [0.2, 0.25) is 11.7 Å². The standard InChI is InChI=1S/C7H7N5O3/c8-1-4-10-5(12-15-4)3-2-9-7(14)11-6(3)13/h2H,1,8H2,(H2,9,11,13,14). The van der Waals surface area contributed by atoms with E-state index in [1.165, 1.54) is 6.20 Å². The summed E-state index contributed by atoms with van der Waals surface area (Å²) in [5, 5.41) is 3.54. The Morgan fingerprint density at radius 3 is 2.87 bits per heavy atom. The van der Waals surface area contributed by atoms with Crippen LogP contribution in [-0.4, -0.2) is 20.1 Å². The van der Waals surface area contributed by atoms with Crippen LogP contribution in [0.5, 0.6) is 0 Å². The topological polar surface area (TPSA) is 131 Å². The minimum Gasteiger partial charge on any atom is -0.338 e. The van der Waals surface area contributed by atoms with E-state index in [-0.39, 0.29) is 23.8 Å². The SMILES string of the molecule is NCc1nc(-c2c[nH]c(=O)[nH]c2=O)no1. The van der Waals surface area contributed by atoms with Crippen LogP contribution in [0.2, 0.25) is 0 Å². The molecule has 2 heterocycles. The molecule has 0 aromatic carbocycles. The van der Waals surface area contributed by atoms with Crippen LogP contribution in [0.3, 0.4) is 0 Å². The highest BCUT2D eigenvalue weighted by Crippen LogP contribution is 2.07. The lowest BCUT2D eigenvalue weighted by molar-refractivity contribution is 0.380. The molecule has 0 fully saturated rings. The number of hydrogen-bond donors (Lipinski definition) is 3. The molecule has 0 aliphatic rings. The van der Waals surface area contributed by atoms with Crippen molar-refractivity contribution in [1.29, 1.82) is 0 Å². The Bertz CT molecular complexity index is 581. The molecule has 78 valence electrons. The molecule has 0 saturated carbocycles. The molecule has 4 N–H and O–H groups in total. The number of nitrogens with two attached hydrogens (primary N) is 1. The summed E-state index contributed by atoms with van der Waals surface area (Å²) >= 11 is 0. The van der Waals surface area contributed by atoms with Crippen molar-refractivity contribution in [3.8, 4) is 11.4 Å². The van der Waals surface area contributed by atoms with Crippen LogP contribution in [0.1, 0.15) is 5.89 Å². The van der Waals surface area contributed by atoms with Crippen LogP contribution in [0.4, 0.5) is 0 Å². The molecule has 15 heavy (non-hydrogen) atoms. The Kier molecular flexibility index (Phi) is 2.18. The van der Waals surface area contributed by atoms with Crippen LogP contribution in [0.25, 0.3) is 11.4 Å². The second-order valence-corrected chi connectivity index (χ2v) is 2.70. The molecule has 2 rings (SSSR count). The molecule has 0 aliphatic carbocycles. The summed E-state index contributed by atoms with van der Waals surface area (Å²) in [6.07, 6.45) is 1.21. The molecule has 0 unspecified atom stereocenters. The fourth-order valence-electron chi connectivity index (χ4n) is 1.02. The van der Waals surface area contributed by atoms with E-state index >= 15 is 0 Å². The van der Waals surface area contributed by atoms with Crippen LogP contribution >= 0.6 is 0 Å². The zero-order chi connectivity index (χ0) is 10.8. The predicted molar refractivity (Wildman–Crippen MR) is 48.9 cm³/mol. The summed E-state index contributed by atoms with van der Waals surface area (Å²) in [6, 6.07) is 0. The summed E-state index contributed by atoms with van der Waals surface area (Å²) in [7, 11) is 0. The van der Waals surface area contributed by atoms with E-state index in [1.807, 2.05) is 4.98 Å². The number of nitrogens with one attached hydrogen (secondary N) is 2. The van der Waals surface area contributed by atoms with E-state index in [9.17, 15) is 9.59 Å². The molecule has 0 bridgehead atoms. The number of aromatic nitrogens is 4. The molecule has 2 aromatic rings. The fraction of sp³-hybridized carbons (Fsp3) is 0.143. The normalized spacial score (nSPS) is 10.5. The molecular weight excluding hydrogens is 202 g/mol. The Morgan fingerprint density at radius 2 is 2.27 bits per heavy atom. The van der Waals surface area contributed by atoms with Crippen LogP contribution in [-0.2, 0) is 6.54 Å². The van der Waals surface area contributed by atoms with Gasteiger partial charge in [-0.3, -0.25) is 9.78 Å². The van der Waals surface area contributed by atoms with E-state index in [1.54, 1.807) is 0 Å². The summed E-state index contributed by atoms with van der Waals surface area (Å²) in [5.74, 6) is 0.309. The van der Waals surface area contributed by atoms with Gasteiger partial charge in [0.05, 0.1) is 6.54 Å². The number of nitrogens with zero attached hydrogens (tertiary/aromatic N) is 2. The van der Waals surface area contributed by atoms with E-state index in [2.05, 4.69) is 15.1 Å². The zero-order valence-electron chi connectivity index (χ0n) is 7.48. The van der Waals surface area contributed by atoms with Gasteiger partial charge >= 0.3 is 5.69 Å². The maximum Gasteiger partial charge on any atom is 0.325 e. The van der Waals surface area contributed by atoms with Gasteiger partial charge in [-0.2, -0.15) is 4.98 Å². The first-order valence-corrected chi connectivity index (χ1v) is 4.05. The quantitative estimate of drug-likeness (QED) is 0.555. The lowest BCUT2D eigenvalue weighted by Crippen LogP contribution is -2.22. The third-order valence-corrected chi connectivity index (χ3v) is 1.70. The van der Waals surface area contributed by atoms with Crippen LogP contribution < -0.4 is 17.0 Å². The second kappa shape index (κ2) is 3.50. The number of hydrogen-bond acceptors (Lipinski definition) is 6. The average molecular weight is 209 g/mol. The highest BCUT2D eigenvalue weighted by Gasteiger charge is 2.11. The summed E-state index contributed by atoms with van der Waals surface area (Å²) < 4.78 is 4.72. The summed E-state index contributed by atoms with van der Waals surface area (Å²) in [6.45, 7) is 0.0915. The van der Waals surface area contributed by atoms with Gasteiger partial charge in [-0.25, -0.2) is 4.79 Å².